The van der Waals surface area contributed by atoms with Crippen molar-refractivity contribution in [1.29, 1.82) is 0 Å². The zero-order valence-corrected chi connectivity index (χ0v) is 9.85. The van der Waals surface area contributed by atoms with Gasteiger partial charge < -0.3 is 5.32 Å². The molecule has 90 valence electrons. The number of amides is 1. The summed E-state index contributed by atoms with van der Waals surface area (Å²) in [6, 6.07) is 0. The van der Waals surface area contributed by atoms with E-state index in [1.165, 1.54) is 0 Å². The third-order valence-corrected chi connectivity index (χ3v) is 2.71. The van der Waals surface area contributed by atoms with Crippen LogP contribution in [-0.4, -0.2) is 31.2 Å². The van der Waals surface area contributed by atoms with Crippen molar-refractivity contribution in [1.82, 2.24) is 5.32 Å². The molecule has 0 bridgehead atoms. The van der Waals surface area contributed by atoms with Crippen LogP contribution in [0.25, 0.3) is 0 Å². The number of hydrogen-bond acceptors (Lipinski definition) is 3. The summed E-state index contributed by atoms with van der Waals surface area (Å²) in [7, 11) is -3.89. The Hall–Kier alpha value is -0.620. The van der Waals surface area contributed by atoms with Crippen molar-refractivity contribution in [3.05, 3.63) is 0 Å². The predicted octanol–water partition coefficient (Wildman–Crippen LogP) is 0.961. The molecule has 15 heavy (non-hydrogen) atoms. The predicted molar refractivity (Wildman–Crippen MR) is 58.2 cm³/mol. The molecule has 0 aliphatic rings. The molecule has 0 heterocycles. The van der Waals surface area contributed by atoms with Gasteiger partial charge in [-0.3, -0.25) is 9.35 Å². The van der Waals surface area contributed by atoms with Crippen molar-refractivity contribution in [3.8, 4) is 0 Å². The first-order valence-electron chi connectivity index (χ1n) is 5.17. The summed E-state index contributed by atoms with van der Waals surface area (Å²) in [6.07, 6.45) is 3.69. The lowest BCUT2D eigenvalue weighted by Crippen LogP contribution is -2.25. The van der Waals surface area contributed by atoms with Gasteiger partial charge >= 0.3 is 0 Å². The third kappa shape index (κ3) is 11.3. The lowest BCUT2D eigenvalue weighted by molar-refractivity contribution is -0.121. The molecule has 0 saturated heterocycles. The highest BCUT2D eigenvalue weighted by atomic mass is 32.2. The Morgan fingerprint density at radius 2 is 1.93 bits per heavy atom. The van der Waals surface area contributed by atoms with E-state index >= 15 is 0 Å². The van der Waals surface area contributed by atoms with Crippen molar-refractivity contribution in [2.75, 3.05) is 12.3 Å². The topological polar surface area (TPSA) is 83.5 Å². The third-order valence-electron chi connectivity index (χ3n) is 1.91. The number of hydrogen-bond donors (Lipinski definition) is 2. The van der Waals surface area contributed by atoms with Gasteiger partial charge in [-0.2, -0.15) is 8.42 Å². The van der Waals surface area contributed by atoms with Crippen LogP contribution < -0.4 is 5.32 Å². The molecule has 0 radical (unpaired) electrons. The SMILES string of the molecule is CCCCCC(=O)NCCCS(=O)(=O)O. The van der Waals surface area contributed by atoms with Gasteiger partial charge in [-0.1, -0.05) is 19.8 Å². The Labute approximate surface area is 91.0 Å². The van der Waals surface area contributed by atoms with Crippen LogP contribution in [0.3, 0.4) is 0 Å². The van der Waals surface area contributed by atoms with E-state index in [1.54, 1.807) is 0 Å². The van der Waals surface area contributed by atoms with Gasteiger partial charge in [0, 0.05) is 13.0 Å². The summed E-state index contributed by atoms with van der Waals surface area (Å²) in [5, 5.41) is 2.60. The van der Waals surface area contributed by atoms with Crippen LogP contribution in [0, 0.1) is 0 Å². The summed E-state index contributed by atoms with van der Waals surface area (Å²) < 4.78 is 29.1. The Kier molecular flexibility index (Phi) is 7.33. The molecule has 0 aromatic rings. The average Bonchev–Trinajstić information content (AvgIpc) is 2.11. The van der Waals surface area contributed by atoms with E-state index in [4.69, 9.17) is 4.55 Å². The number of rotatable bonds is 8. The quantitative estimate of drug-likeness (QED) is 0.486. The first-order valence-corrected chi connectivity index (χ1v) is 6.78. The first kappa shape index (κ1) is 14.4. The minimum absolute atomic E-state index is 0.0567. The fourth-order valence-corrected chi connectivity index (χ4v) is 1.62. The van der Waals surface area contributed by atoms with E-state index in [1.807, 2.05) is 0 Å². The zero-order chi connectivity index (χ0) is 11.7. The highest BCUT2D eigenvalue weighted by molar-refractivity contribution is 7.85. The summed E-state index contributed by atoms with van der Waals surface area (Å²) in [6.45, 7) is 2.36. The van der Waals surface area contributed by atoms with Crippen LogP contribution in [0.5, 0.6) is 0 Å². The van der Waals surface area contributed by atoms with E-state index < -0.39 is 10.1 Å². The van der Waals surface area contributed by atoms with Crippen LogP contribution in [-0.2, 0) is 14.9 Å². The fraction of sp³-hybridized carbons (Fsp3) is 0.889. The minimum atomic E-state index is -3.89. The smallest absolute Gasteiger partial charge is 0.264 e. The molecule has 0 aromatic carbocycles. The standard InChI is InChI=1S/C9H19NO4S/c1-2-3-4-6-9(11)10-7-5-8-15(12,13)14/h2-8H2,1H3,(H,10,11)(H,12,13,14). The molecule has 0 aliphatic carbocycles. The lowest BCUT2D eigenvalue weighted by atomic mass is 10.2. The molecule has 5 nitrogen and oxygen atoms in total. The first-order chi connectivity index (χ1) is 6.95. The number of unbranched alkanes of at least 4 members (excludes halogenated alkanes) is 2. The molecule has 0 unspecified atom stereocenters. The van der Waals surface area contributed by atoms with Crippen molar-refractivity contribution in [2.45, 2.75) is 39.0 Å². The van der Waals surface area contributed by atoms with Crippen LogP contribution in [0.15, 0.2) is 0 Å². The Morgan fingerprint density at radius 3 is 2.47 bits per heavy atom. The van der Waals surface area contributed by atoms with Crippen LogP contribution in [0.4, 0.5) is 0 Å². The molecule has 0 spiro atoms. The monoisotopic (exact) mass is 237 g/mol. The van der Waals surface area contributed by atoms with E-state index in [0.29, 0.717) is 13.0 Å². The molecule has 1 amide bonds. The molecule has 0 aliphatic heterocycles. The van der Waals surface area contributed by atoms with Crippen molar-refractivity contribution in [2.24, 2.45) is 0 Å². The van der Waals surface area contributed by atoms with Gasteiger partial charge in [-0.05, 0) is 12.8 Å². The maximum Gasteiger partial charge on any atom is 0.264 e. The molecule has 6 heteroatoms. The van der Waals surface area contributed by atoms with Gasteiger partial charge in [0.1, 0.15) is 0 Å². The van der Waals surface area contributed by atoms with E-state index in [9.17, 15) is 13.2 Å². The van der Waals surface area contributed by atoms with E-state index in [-0.39, 0.29) is 18.1 Å². The van der Waals surface area contributed by atoms with Gasteiger partial charge in [0.2, 0.25) is 5.91 Å². The van der Waals surface area contributed by atoms with Gasteiger partial charge in [0.15, 0.2) is 0 Å². The largest absolute Gasteiger partial charge is 0.356 e. The van der Waals surface area contributed by atoms with Gasteiger partial charge in [0.25, 0.3) is 10.1 Å². The Balaban J connectivity index is 3.39. The summed E-state index contributed by atoms with van der Waals surface area (Å²) >= 11 is 0. The van der Waals surface area contributed by atoms with Gasteiger partial charge in [-0.15, -0.1) is 0 Å². The van der Waals surface area contributed by atoms with Crippen LogP contribution in [0.1, 0.15) is 39.0 Å². The van der Waals surface area contributed by atoms with Gasteiger partial charge in [-0.25, -0.2) is 0 Å². The molecule has 0 aromatic heterocycles. The number of carbonyl (C=O) groups is 1. The zero-order valence-electron chi connectivity index (χ0n) is 9.03. The number of carbonyl (C=O) groups excluding carboxylic acids is 1. The Morgan fingerprint density at radius 1 is 1.27 bits per heavy atom. The van der Waals surface area contributed by atoms with E-state index in [0.717, 1.165) is 19.3 Å². The number of nitrogens with one attached hydrogen (secondary N) is 1. The maximum absolute atomic E-state index is 11.1. The minimum Gasteiger partial charge on any atom is -0.356 e. The van der Waals surface area contributed by atoms with Crippen molar-refractivity contribution in [3.63, 3.8) is 0 Å². The van der Waals surface area contributed by atoms with E-state index in [2.05, 4.69) is 12.2 Å². The highest BCUT2D eigenvalue weighted by Gasteiger charge is 2.04. The molecule has 0 fully saturated rings. The Bertz CT molecular complexity index is 274. The highest BCUT2D eigenvalue weighted by Crippen LogP contribution is 1.98. The van der Waals surface area contributed by atoms with Crippen molar-refractivity contribution < 1.29 is 17.8 Å². The molecule has 0 saturated carbocycles. The second kappa shape index (κ2) is 7.64. The fourth-order valence-electron chi connectivity index (χ4n) is 1.11. The van der Waals surface area contributed by atoms with Crippen LogP contribution >= 0.6 is 0 Å². The molecule has 0 rings (SSSR count). The second-order valence-corrected chi connectivity index (χ2v) is 5.02. The lowest BCUT2D eigenvalue weighted by Gasteiger charge is -2.03. The summed E-state index contributed by atoms with van der Waals surface area (Å²) in [5.74, 6) is -0.360. The van der Waals surface area contributed by atoms with Crippen molar-refractivity contribution >= 4 is 16.0 Å². The summed E-state index contributed by atoms with van der Waals surface area (Å²) in [4.78, 5) is 11.1. The van der Waals surface area contributed by atoms with Crippen LogP contribution in [0.2, 0.25) is 0 Å². The average molecular weight is 237 g/mol. The summed E-state index contributed by atoms with van der Waals surface area (Å²) in [5.41, 5.74) is 0. The molecular formula is C9H19NO4S. The normalized spacial score (nSPS) is 11.3. The maximum atomic E-state index is 11.1. The second-order valence-electron chi connectivity index (χ2n) is 3.45. The van der Waals surface area contributed by atoms with Gasteiger partial charge in [0.05, 0.1) is 5.75 Å². The molecular weight excluding hydrogens is 218 g/mol. The molecule has 0 atom stereocenters. The molecule has 2 N–H and O–H groups in total.